The molecule has 0 atom stereocenters. The molecule has 0 fully saturated rings. The van der Waals surface area contributed by atoms with Gasteiger partial charge in [-0.25, -0.2) is 5.84 Å². The van der Waals surface area contributed by atoms with Gasteiger partial charge in [0.05, 0.1) is 0 Å². The number of nitrogens with two attached hydrogens (primary N) is 1. The Morgan fingerprint density at radius 1 is 1.55 bits per heavy atom. The molecule has 11 heavy (non-hydrogen) atoms. The largest absolute Gasteiger partial charge is 0.400 e. The minimum Gasteiger partial charge on any atom is -0.400 e. The highest BCUT2D eigenvalue weighted by molar-refractivity contribution is 5.75. The predicted octanol–water partition coefficient (Wildman–Crippen LogP) is 0.0210. The fraction of sp³-hybridized carbons (Fsp3) is 0.857. The van der Waals surface area contributed by atoms with E-state index in [0.29, 0.717) is 12.3 Å². The van der Waals surface area contributed by atoms with E-state index in [2.05, 4.69) is 19.3 Å². The van der Waals surface area contributed by atoms with Gasteiger partial charge >= 0.3 is 0 Å². The normalized spacial score (nSPS) is 8.55. The first-order chi connectivity index (χ1) is 5.16. The van der Waals surface area contributed by atoms with Gasteiger partial charge in [-0.2, -0.15) is 0 Å². The summed E-state index contributed by atoms with van der Waals surface area (Å²) in [5.74, 6) is 5.35. The second-order valence-corrected chi connectivity index (χ2v) is 2.50. The van der Waals surface area contributed by atoms with Crippen LogP contribution in [0.5, 0.6) is 0 Å². The lowest BCUT2D eigenvalue weighted by Gasteiger charge is -2.01. The van der Waals surface area contributed by atoms with Crippen molar-refractivity contribution in [2.24, 2.45) is 11.8 Å². The quantitative estimate of drug-likeness (QED) is 0.311. The third-order valence-electron chi connectivity index (χ3n) is 1.11. The number of hydrogen-bond donors (Lipinski definition) is 3. The summed E-state index contributed by atoms with van der Waals surface area (Å²) in [7, 11) is 1.00. The summed E-state index contributed by atoms with van der Waals surface area (Å²) in [6.45, 7) is 4.15. The van der Waals surface area contributed by atoms with Gasteiger partial charge in [-0.3, -0.25) is 10.2 Å². The van der Waals surface area contributed by atoms with Crippen LogP contribution in [0.2, 0.25) is 0 Å². The number of carbonyl (C=O) groups excluding carboxylic acids is 1. The molecule has 0 bridgehead atoms. The zero-order valence-electron chi connectivity index (χ0n) is 7.42. The molecular weight excluding hydrogens is 144 g/mol. The molecule has 1 amide bonds. The molecule has 4 nitrogen and oxygen atoms in total. The third kappa shape index (κ3) is 12.6. The van der Waals surface area contributed by atoms with Gasteiger partial charge in [0.25, 0.3) is 0 Å². The second kappa shape index (κ2) is 9.39. The van der Waals surface area contributed by atoms with Crippen LogP contribution in [0.3, 0.4) is 0 Å². The predicted molar refractivity (Wildman–Crippen MR) is 44.5 cm³/mol. The Morgan fingerprint density at radius 2 is 2.00 bits per heavy atom. The van der Waals surface area contributed by atoms with E-state index >= 15 is 0 Å². The molecule has 0 aromatic heterocycles. The average Bonchev–Trinajstić information content (AvgIpc) is 2.04. The number of amides is 1. The number of aliphatic hydroxyl groups is 1. The first-order valence-electron chi connectivity index (χ1n) is 3.61. The Morgan fingerprint density at radius 3 is 2.27 bits per heavy atom. The minimum atomic E-state index is -0.0799. The fourth-order valence-corrected chi connectivity index (χ4v) is 0.492. The van der Waals surface area contributed by atoms with Gasteiger partial charge < -0.3 is 5.11 Å². The molecule has 4 heteroatoms. The lowest BCUT2D eigenvalue weighted by molar-refractivity contribution is -0.121. The monoisotopic (exact) mass is 162 g/mol. The highest BCUT2D eigenvalue weighted by Crippen LogP contribution is 2.01. The van der Waals surface area contributed by atoms with Crippen molar-refractivity contribution in [1.82, 2.24) is 5.43 Å². The van der Waals surface area contributed by atoms with Crippen LogP contribution in [0.4, 0.5) is 0 Å². The second-order valence-electron chi connectivity index (χ2n) is 2.50. The van der Waals surface area contributed by atoms with E-state index in [4.69, 9.17) is 10.9 Å². The van der Waals surface area contributed by atoms with Crippen LogP contribution in [0.15, 0.2) is 0 Å². The summed E-state index contributed by atoms with van der Waals surface area (Å²) in [6.07, 6.45) is 1.44. The van der Waals surface area contributed by atoms with Crippen LogP contribution in [0, 0.1) is 5.92 Å². The maximum atomic E-state index is 10.5. The van der Waals surface area contributed by atoms with Gasteiger partial charge in [0, 0.05) is 13.5 Å². The van der Waals surface area contributed by atoms with Crippen LogP contribution < -0.4 is 11.3 Å². The van der Waals surface area contributed by atoms with Gasteiger partial charge in [0.2, 0.25) is 5.91 Å². The van der Waals surface area contributed by atoms with E-state index in [1.54, 1.807) is 0 Å². The van der Waals surface area contributed by atoms with Crippen molar-refractivity contribution in [2.75, 3.05) is 7.11 Å². The van der Waals surface area contributed by atoms with E-state index in [0.717, 1.165) is 13.5 Å². The third-order valence-corrected chi connectivity index (χ3v) is 1.11. The van der Waals surface area contributed by atoms with E-state index in [9.17, 15) is 4.79 Å². The van der Waals surface area contributed by atoms with Gasteiger partial charge in [-0.1, -0.05) is 13.8 Å². The molecule has 0 heterocycles. The maximum absolute atomic E-state index is 10.5. The first-order valence-corrected chi connectivity index (χ1v) is 3.61. The number of hydrazine groups is 1. The molecule has 68 valence electrons. The zero-order valence-corrected chi connectivity index (χ0v) is 7.42. The smallest absolute Gasteiger partial charge is 0.233 e. The van der Waals surface area contributed by atoms with Crippen molar-refractivity contribution in [2.45, 2.75) is 26.7 Å². The number of carbonyl (C=O) groups is 1. The molecule has 0 aromatic rings. The van der Waals surface area contributed by atoms with Crippen LogP contribution >= 0.6 is 0 Å². The number of rotatable bonds is 3. The first kappa shape index (κ1) is 13.0. The summed E-state index contributed by atoms with van der Waals surface area (Å²) in [4.78, 5) is 10.5. The lowest BCUT2D eigenvalue weighted by Crippen LogP contribution is -2.29. The SMILES string of the molecule is CC(C)CCC(=O)NN.CO. The highest BCUT2D eigenvalue weighted by atomic mass is 16.2. The molecule has 0 saturated carbocycles. The molecule has 4 N–H and O–H groups in total. The van der Waals surface area contributed by atoms with E-state index < -0.39 is 0 Å². The molecular formula is C7H18N2O2. The van der Waals surface area contributed by atoms with Gasteiger partial charge in [-0.15, -0.1) is 0 Å². The number of nitrogens with one attached hydrogen (secondary N) is 1. The molecule has 0 aliphatic heterocycles. The Hall–Kier alpha value is -0.610. The van der Waals surface area contributed by atoms with Crippen LogP contribution in [-0.4, -0.2) is 18.1 Å². The molecule has 0 aromatic carbocycles. The van der Waals surface area contributed by atoms with Crippen LogP contribution in [0.1, 0.15) is 26.7 Å². The van der Waals surface area contributed by atoms with Gasteiger partial charge in [-0.05, 0) is 12.3 Å². The topological polar surface area (TPSA) is 75.4 Å². The summed E-state index contributed by atoms with van der Waals surface area (Å²) in [5.41, 5.74) is 2.08. The van der Waals surface area contributed by atoms with E-state index in [-0.39, 0.29) is 5.91 Å². The molecule has 0 spiro atoms. The van der Waals surface area contributed by atoms with Crippen molar-refractivity contribution >= 4 is 5.91 Å². The van der Waals surface area contributed by atoms with Crippen LogP contribution in [0.25, 0.3) is 0 Å². The van der Waals surface area contributed by atoms with Crippen LogP contribution in [-0.2, 0) is 4.79 Å². The number of aliphatic hydroxyl groups excluding tert-OH is 1. The standard InChI is InChI=1S/C6H14N2O.CH4O/c1-5(2)3-4-6(9)8-7;1-2/h5H,3-4,7H2,1-2H3,(H,8,9);2H,1H3. The molecule has 0 saturated heterocycles. The number of hydrogen-bond acceptors (Lipinski definition) is 3. The Labute approximate surface area is 67.8 Å². The van der Waals surface area contributed by atoms with Crippen molar-refractivity contribution < 1.29 is 9.90 Å². The van der Waals surface area contributed by atoms with E-state index in [1.165, 1.54) is 0 Å². The highest BCUT2D eigenvalue weighted by Gasteiger charge is 1.99. The minimum absolute atomic E-state index is 0.0799. The summed E-state index contributed by atoms with van der Waals surface area (Å²) < 4.78 is 0. The zero-order chi connectivity index (χ0) is 9.28. The average molecular weight is 162 g/mol. The van der Waals surface area contributed by atoms with Gasteiger partial charge in [0.1, 0.15) is 0 Å². The molecule has 0 aliphatic carbocycles. The Balaban J connectivity index is 0. The summed E-state index contributed by atoms with van der Waals surface area (Å²) in [5, 5.41) is 7.00. The molecule has 0 unspecified atom stereocenters. The fourth-order valence-electron chi connectivity index (χ4n) is 0.492. The van der Waals surface area contributed by atoms with Crippen molar-refractivity contribution in [3.63, 3.8) is 0 Å². The van der Waals surface area contributed by atoms with E-state index in [1.807, 2.05) is 0 Å². The Bertz CT molecular complexity index is 94.4. The molecule has 0 aliphatic rings. The molecule has 0 rings (SSSR count). The maximum Gasteiger partial charge on any atom is 0.233 e. The molecule has 0 radical (unpaired) electrons. The Kier molecular flexibility index (Phi) is 11.1. The van der Waals surface area contributed by atoms with Crippen molar-refractivity contribution in [3.05, 3.63) is 0 Å². The summed E-state index contributed by atoms with van der Waals surface area (Å²) >= 11 is 0. The summed E-state index contributed by atoms with van der Waals surface area (Å²) in [6, 6.07) is 0. The van der Waals surface area contributed by atoms with Crippen molar-refractivity contribution in [1.29, 1.82) is 0 Å². The van der Waals surface area contributed by atoms with Gasteiger partial charge in [0.15, 0.2) is 0 Å². The lowest BCUT2D eigenvalue weighted by atomic mass is 10.1. The van der Waals surface area contributed by atoms with Crippen molar-refractivity contribution in [3.8, 4) is 0 Å².